The van der Waals surface area contributed by atoms with Crippen LogP contribution in [0.3, 0.4) is 0 Å². The van der Waals surface area contributed by atoms with E-state index in [9.17, 15) is 9.59 Å². The fraction of sp³-hybridized carbons (Fsp3) is 0.381. The van der Waals surface area contributed by atoms with Crippen LogP contribution in [0.4, 0.5) is 4.79 Å². The molecule has 8 nitrogen and oxygen atoms in total. The van der Waals surface area contributed by atoms with Crippen LogP contribution in [0, 0.1) is 0 Å². The van der Waals surface area contributed by atoms with Gasteiger partial charge < -0.3 is 25.4 Å². The molecule has 0 saturated heterocycles. The second-order valence-corrected chi connectivity index (χ2v) is 7.32. The first kappa shape index (κ1) is 22.0. The minimum Gasteiger partial charge on any atom is -0.490 e. The lowest BCUT2D eigenvalue weighted by molar-refractivity contribution is -0.121. The van der Waals surface area contributed by atoms with Gasteiger partial charge in [-0.2, -0.15) is 0 Å². The third-order valence-electron chi connectivity index (χ3n) is 3.54. The summed E-state index contributed by atoms with van der Waals surface area (Å²) in [6.45, 7) is 8.26. The minimum atomic E-state index is -0.431. The molecule has 8 heteroatoms. The van der Waals surface area contributed by atoms with Gasteiger partial charge >= 0.3 is 6.03 Å². The maximum Gasteiger partial charge on any atom is 0.315 e. The molecule has 156 valence electrons. The molecule has 0 aliphatic heterocycles. The topological polar surface area (TPSA) is 102 Å². The van der Waals surface area contributed by atoms with E-state index in [1.807, 2.05) is 52.0 Å². The van der Waals surface area contributed by atoms with Gasteiger partial charge in [0.05, 0.1) is 13.2 Å². The number of aromatic nitrogens is 1. The van der Waals surface area contributed by atoms with Crippen molar-refractivity contribution in [3.05, 3.63) is 48.2 Å². The van der Waals surface area contributed by atoms with Gasteiger partial charge in [-0.25, -0.2) is 9.78 Å². The molecule has 1 heterocycles. The maximum absolute atomic E-state index is 11.8. The number of hydrogen-bond acceptors (Lipinski definition) is 5. The monoisotopic (exact) mass is 400 g/mol. The van der Waals surface area contributed by atoms with Gasteiger partial charge in [-0.05, 0) is 45.4 Å². The van der Waals surface area contributed by atoms with E-state index in [0.717, 1.165) is 5.56 Å². The molecule has 0 bridgehead atoms. The van der Waals surface area contributed by atoms with Crippen LogP contribution in [-0.2, 0) is 11.3 Å². The number of pyridine rings is 1. The highest BCUT2D eigenvalue weighted by atomic mass is 16.5. The summed E-state index contributed by atoms with van der Waals surface area (Å²) in [6.07, 6.45) is 1.62. The Balaban J connectivity index is 1.81. The summed E-state index contributed by atoms with van der Waals surface area (Å²) in [5.41, 5.74) is 0.457. The number of urea groups is 1. The summed E-state index contributed by atoms with van der Waals surface area (Å²) in [7, 11) is 0. The fourth-order valence-electron chi connectivity index (χ4n) is 2.37. The van der Waals surface area contributed by atoms with Crippen molar-refractivity contribution in [2.75, 3.05) is 13.2 Å². The van der Waals surface area contributed by atoms with Gasteiger partial charge in [-0.1, -0.05) is 18.2 Å². The molecule has 2 aromatic rings. The first-order valence-electron chi connectivity index (χ1n) is 9.44. The molecule has 2 rings (SSSR count). The summed E-state index contributed by atoms with van der Waals surface area (Å²) < 4.78 is 11.3. The zero-order valence-electron chi connectivity index (χ0n) is 17.2. The van der Waals surface area contributed by atoms with Crippen molar-refractivity contribution in [3.63, 3.8) is 0 Å². The highest BCUT2D eigenvalue weighted by Crippen LogP contribution is 2.30. The van der Waals surface area contributed by atoms with Gasteiger partial charge in [0, 0.05) is 24.3 Å². The van der Waals surface area contributed by atoms with Crippen molar-refractivity contribution in [3.8, 4) is 17.4 Å². The molecule has 3 N–H and O–H groups in total. The van der Waals surface area contributed by atoms with Crippen molar-refractivity contribution >= 4 is 11.9 Å². The highest BCUT2D eigenvalue weighted by Gasteiger charge is 2.14. The lowest BCUT2D eigenvalue weighted by Crippen LogP contribution is -2.47. The molecule has 0 aliphatic carbocycles. The van der Waals surface area contributed by atoms with E-state index in [0.29, 0.717) is 24.0 Å². The van der Waals surface area contributed by atoms with E-state index >= 15 is 0 Å². The largest absolute Gasteiger partial charge is 0.490 e. The van der Waals surface area contributed by atoms with E-state index < -0.39 is 6.03 Å². The van der Waals surface area contributed by atoms with Gasteiger partial charge in [0.15, 0.2) is 11.5 Å². The number of carbonyl (C=O) groups excluding carboxylic acids is 2. The highest BCUT2D eigenvalue weighted by molar-refractivity contribution is 5.84. The Kier molecular flexibility index (Phi) is 7.82. The molecule has 0 radical (unpaired) electrons. The Labute approximate surface area is 171 Å². The number of ether oxygens (including phenoxy) is 2. The molecule has 1 aromatic carbocycles. The fourth-order valence-corrected chi connectivity index (χ4v) is 2.37. The summed E-state index contributed by atoms with van der Waals surface area (Å²) in [5, 5.41) is 7.97. The normalized spacial score (nSPS) is 10.8. The number of hydrogen-bond donors (Lipinski definition) is 3. The van der Waals surface area contributed by atoms with Crippen molar-refractivity contribution in [2.24, 2.45) is 0 Å². The van der Waals surface area contributed by atoms with Gasteiger partial charge in [-0.15, -0.1) is 0 Å². The quantitative estimate of drug-likeness (QED) is 0.632. The van der Waals surface area contributed by atoms with Crippen LogP contribution < -0.4 is 25.4 Å². The maximum atomic E-state index is 11.8. The van der Waals surface area contributed by atoms with Crippen LogP contribution in [0.2, 0.25) is 0 Å². The van der Waals surface area contributed by atoms with Gasteiger partial charge in [0.2, 0.25) is 11.8 Å². The van der Waals surface area contributed by atoms with E-state index in [-0.39, 0.29) is 24.5 Å². The Morgan fingerprint density at radius 1 is 1.03 bits per heavy atom. The molecule has 0 saturated carbocycles. The van der Waals surface area contributed by atoms with E-state index in [4.69, 9.17) is 9.47 Å². The van der Waals surface area contributed by atoms with Crippen LogP contribution in [0.15, 0.2) is 42.6 Å². The summed E-state index contributed by atoms with van der Waals surface area (Å²) in [4.78, 5) is 27.8. The Morgan fingerprint density at radius 2 is 1.76 bits per heavy atom. The molecule has 3 amide bonds. The molecule has 0 atom stereocenters. The van der Waals surface area contributed by atoms with Crippen molar-refractivity contribution in [2.45, 2.75) is 39.8 Å². The standard InChI is InChI=1S/C21H28N4O4/c1-5-28-16-8-6-7-9-17(16)29-19-11-10-15(12-22-19)13-23-20(27)24-14-18(26)25-21(2,3)4/h6-12H,5,13-14H2,1-4H3,(H,25,26)(H2,23,24,27). The molecule has 1 aromatic heterocycles. The first-order valence-corrected chi connectivity index (χ1v) is 9.44. The minimum absolute atomic E-state index is 0.0899. The molecule has 0 spiro atoms. The van der Waals surface area contributed by atoms with Crippen LogP contribution in [-0.4, -0.2) is 35.6 Å². The third kappa shape index (κ3) is 8.08. The molecular formula is C21H28N4O4. The first-order chi connectivity index (χ1) is 13.8. The van der Waals surface area contributed by atoms with Crippen molar-refractivity contribution < 1.29 is 19.1 Å². The van der Waals surface area contributed by atoms with Gasteiger partial charge in [-0.3, -0.25) is 4.79 Å². The van der Waals surface area contributed by atoms with E-state index in [2.05, 4.69) is 20.9 Å². The second kappa shape index (κ2) is 10.3. The third-order valence-corrected chi connectivity index (χ3v) is 3.54. The molecular weight excluding hydrogens is 372 g/mol. The number of nitrogens with one attached hydrogen (secondary N) is 3. The molecule has 0 fully saturated rings. The average molecular weight is 400 g/mol. The zero-order valence-corrected chi connectivity index (χ0v) is 17.2. The number of carbonyl (C=O) groups is 2. The number of benzene rings is 1. The van der Waals surface area contributed by atoms with Crippen LogP contribution in [0.25, 0.3) is 0 Å². The van der Waals surface area contributed by atoms with E-state index in [1.54, 1.807) is 18.3 Å². The Bertz CT molecular complexity index is 816. The zero-order chi connectivity index (χ0) is 21.3. The summed E-state index contributed by atoms with van der Waals surface area (Å²) in [6, 6.07) is 10.5. The smallest absolute Gasteiger partial charge is 0.315 e. The van der Waals surface area contributed by atoms with E-state index in [1.165, 1.54) is 0 Å². The van der Waals surface area contributed by atoms with Gasteiger partial charge in [0.1, 0.15) is 0 Å². The van der Waals surface area contributed by atoms with Crippen LogP contribution >= 0.6 is 0 Å². The predicted molar refractivity (Wildman–Crippen MR) is 110 cm³/mol. The van der Waals surface area contributed by atoms with Crippen molar-refractivity contribution in [1.82, 2.24) is 20.9 Å². The molecule has 29 heavy (non-hydrogen) atoms. The summed E-state index contributed by atoms with van der Waals surface area (Å²) in [5.74, 6) is 1.41. The Hall–Kier alpha value is -3.29. The lowest BCUT2D eigenvalue weighted by atomic mass is 10.1. The van der Waals surface area contributed by atoms with Crippen molar-refractivity contribution in [1.29, 1.82) is 0 Å². The Morgan fingerprint density at radius 3 is 2.38 bits per heavy atom. The lowest BCUT2D eigenvalue weighted by Gasteiger charge is -2.20. The molecule has 0 unspecified atom stereocenters. The average Bonchev–Trinajstić information content (AvgIpc) is 2.66. The predicted octanol–water partition coefficient (Wildman–Crippen LogP) is 2.99. The van der Waals surface area contributed by atoms with Crippen LogP contribution in [0.1, 0.15) is 33.3 Å². The SMILES string of the molecule is CCOc1ccccc1Oc1ccc(CNC(=O)NCC(=O)NC(C)(C)C)cn1. The number of amides is 3. The van der Waals surface area contributed by atoms with Crippen LogP contribution in [0.5, 0.6) is 17.4 Å². The number of rotatable bonds is 8. The number of para-hydroxylation sites is 2. The number of nitrogens with zero attached hydrogens (tertiary/aromatic N) is 1. The second-order valence-electron chi connectivity index (χ2n) is 7.32. The summed E-state index contributed by atoms with van der Waals surface area (Å²) >= 11 is 0. The van der Waals surface area contributed by atoms with Gasteiger partial charge in [0.25, 0.3) is 0 Å². The molecule has 0 aliphatic rings.